The number of morpholine rings is 1. The Bertz CT molecular complexity index is 419. The molecule has 3 atom stereocenters. The van der Waals surface area contributed by atoms with Crippen molar-refractivity contribution in [1.29, 1.82) is 0 Å². The van der Waals surface area contributed by atoms with E-state index in [9.17, 15) is 8.42 Å². The summed E-state index contributed by atoms with van der Waals surface area (Å²) in [7, 11) is -3.39. The van der Waals surface area contributed by atoms with E-state index in [-0.39, 0.29) is 12.2 Å². The molecule has 0 amide bonds. The van der Waals surface area contributed by atoms with Gasteiger partial charge in [0, 0.05) is 32.7 Å². The Balaban J connectivity index is 1.78. The summed E-state index contributed by atoms with van der Waals surface area (Å²) in [5.41, 5.74) is 0. The molecule has 2 fully saturated rings. The molecule has 0 aromatic carbocycles. The zero-order chi connectivity index (χ0) is 15.5. The largest absolute Gasteiger partial charge is 0.373 e. The Morgan fingerprint density at radius 3 is 2.43 bits per heavy atom. The van der Waals surface area contributed by atoms with Crippen molar-refractivity contribution in [2.45, 2.75) is 45.8 Å². The van der Waals surface area contributed by atoms with Crippen molar-refractivity contribution in [2.24, 2.45) is 5.92 Å². The molecule has 0 aliphatic carbocycles. The molecule has 124 valence electrons. The summed E-state index contributed by atoms with van der Waals surface area (Å²) in [4.78, 5) is 2.35. The number of nitrogens with zero attached hydrogens (tertiary/aromatic N) is 2. The van der Waals surface area contributed by atoms with Gasteiger partial charge >= 0.3 is 0 Å². The highest BCUT2D eigenvalue weighted by atomic mass is 32.2. The Kier molecular flexibility index (Phi) is 6.02. The van der Waals surface area contributed by atoms with E-state index in [4.69, 9.17) is 4.74 Å². The molecule has 2 rings (SSSR count). The second-order valence-electron chi connectivity index (χ2n) is 6.52. The molecule has 0 saturated carbocycles. The maximum atomic E-state index is 12.3. The third-order valence-electron chi connectivity index (χ3n) is 4.18. The van der Waals surface area contributed by atoms with Crippen LogP contribution in [0.5, 0.6) is 0 Å². The van der Waals surface area contributed by atoms with Gasteiger partial charge in [-0.1, -0.05) is 6.92 Å². The molecule has 0 aromatic heterocycles. The number of hydrogen-bond acceptors (Lipinski definition) is 4. The van der Waals surface area contributed by atoms with E-state index in [1.807, 2.05) is 13.8 Å². The van der Waals surface area contributed by atoms with Gasteiger partial charge in [0.2, 0.25) is 0 Å². The van der Waals surface area contributed by atoms with Gasteiger partial charge in [0.1, 0.15) is 0 Å². The molecule has 6 nitrogen and oxygen atoms in total. The highest BCUT2D eigenvalue weighted by Crippen LogP contribution is 2.15. The minimum Gasteiger partial charge on any atom is -0.373 e. The number of piperidine rings is 1. The normalized spacial score (nSPS) is 33.2. The number of rotatable bonds is 5. The summed E-state index contributed by atoms with van der Waals surface area (Å²) in [6.45, 7) is 10.4. The molecular formula is C14H29N3O3S. The zero-order valence-corrected chi connectivity index (χ0v) is 14.2. The molecule has 2 saturated heterocycles. The van der Waals surface area contributed by atoms with Crippen LogP contribution in [0.4, 0.5) is 0 Å². The molecule has 0 spiro atoms. The monoisotopic (exact) mass is 319 g/mol. The van der Waals surface area contributed by atoms with Gasteiger partial charge in [0.15, 0.2) is 0 Å². The van der Waals surface area contributed by atoms with Gasteiger partial charge < -0.3 is 9.64 Å². The first-order valence-electron chi connectivity index (χ1n) is 7.99. The third kappa shape index (κ3) is 5.17. The summed E-state index contributed by atoms with van der Waals surface area (Å²) in [6, 6.07) is 0. The average Bonchev–Trinajstić information content (AvgIpc) is 2.37. The third-order valence-corrected chi connectivity index (χ3v) is 5.73. The highest BCUT2D eigenvalue weighted by Gasteiger charge is 2.30. The van der Waals surface area contributed by atoms with E-state index in [1.165, 1.54) is 17.1 Å². The lowest BCUT2D eigenvalue weighted by Gasteiger charge is -2.35. The lowest BCUT2D eigenvalue weighted by Crippen LogP contribution is -2.52. The molecule has 21 heavy (non-hydrogen) atoms. The first-order valence-corrected chi connectivity index (χ1v) is 9.43. The predicted octanol–water partition coefficient (Wildman–Crippen LogP) is 0.662. The van der Waals surface area contributed by atoms with Crippen LogP contribution in [0.15, 0.2) is 0 Å². The predicted molar refractivity (Wildman–Crippen MR) is 83.3 cm³/mol. The van der Waals surface area contributed by atoms with E-state index in [0.717, 1.165) is 25.6 Å². The Morgan fingerprint density at radius 2 is 1.81 bits per heavy atom. The van der Waals surface area contributed by atoms with Gasteiger partial charge in [0.25, 0.3) is 10.2 Å². The van der Waals surface area contributed by atoms with Crippen LogP contribution in [0.2, 0.25) is 0 Å². The fraction of sp³-hybridized carbons (Fsp3) is 1.00. The minimum atomic E-state index is -3.39. The summed E-state index contributed by atoms with van der Waals surface area (Å²) < 4.78 is 34.5. The highest BCUT2D eigenvalue weighted by molar-refractivity contribution is 7.87. The van der Waals surface area contributed by atoms with Crippen molar-refractivity contribution in [3.05, 3.63) is 0 Å². The van der Waals surface area contributed by atoms with Crippen molar-refractivity contribution in [3.8, 4) is 0 Å². The van der Waals surface area contributed by atoms with Gasteiger partial charge in [-0.2, -0.15) is 12.7 Å². The van der Waals surface area contributed by atoms with Crippen molar-refractivity contribution < 1.29 is 13.2 Å². The van der Waals surface area contributed by atoms with Crippen LogP contribution in [0.1, 0.15) is 33.6 Å². The number of hydrogen-bond donors (Lipinski definition) is 1. The molecule has 2 aliphatic rings. The molecule has 2 heterocycles. The summed E-state index contributed by atoms with van der Waals surface area (Å²) >= 11 is 0. The zero-order valence-electron chi connectivity index (χ0n) is 13.4. The van der Waals surface area contributed by atoms with Crippen LogP contribution in [0.25, 0.3) is 0 Å². The van der Waals surface area contributed by atoms with Gasteiger partial charge in [0.05, 0.1) is 12.2 Å². The number of ether oxygens (including phenoxy) is 1. The number of nitrogens with one attached hydrogen (secondary N) is 1. The van der Waals surface area contributed by atoms with Crippen LogP contribution in [0.3, 0.4) is 0 Å². The van der Waals surface area contributed by atoms with Crippen molar-refractivity contribution >= 4 is 10.2 Å². The molecule has 0 unspecified atom stereocenters. The molecular weight excluding hydrogens is 290 g/mol. The van der Waals surface area contributed by atoms with E-state index in [2.05, 4.69) is 16.5 Å². The Hall–Kier alpha value is -0.210. The van der Waals surface area contributed by atoms with Crippen LogP contribution >= 0.6 is 0 Å². The second kappa shape index (κ2) is 7.37. The van der Waals surface area contributed by atoms with E-state index in [1.54, 1.807) is 0 Å². The van der Waals surface area contributed by atoms with Gasteiger partial charge in [-0.25, -0.2) is 4.72 Å². The van der Waals surface area contributed by atoms with Crippen molar-refractivity contribution in [3.63, 3.8) is 0 Å². The molecule has 0 bridgehead atoms. The topological polar surface area (TPSA) is 61.9 Å². The van der Waals surface area contributed by atoms with Crippen LogP contribution < -0.4 is 4.72 Å². The molecule has 0 aromatic rings. The second-order valence-corrected chi connectivity index (χ2v) is 8.28. The van der Waals surface area contributed by atoms with E-state index in [0.29, 0.717) is 19.6 Å². The summed E-state index contributed by atoms with van der Waals surface area (Å²) in [5, 5.41) is 0. The van der Waals surface area contributed by atoms with Crippen LogP contribution in [-0.4, -0.2) is 69.1 Å². The Labute approximate surface area is 129 Å². The van der Waals surface area contributed by atoms with Gasteiger partial charge in [-0.3, -0.25) is 0 Å². The lowest BCUT2D eigenvalue weighted by atomic mass is 10.0. The van der Waals surface area contributed by atoms with E-state index >= 15 is 0 Å². The standard InChI is InChI=1S/C14H29N3O3S/c1-12-5-4-7-16(9-12)8-6-15-21(18,19)17-10-13(2)20-14(3)11-17/h12-15H,4-11H2,1-3H3/t12-,13+,14+/m1/s1. The molecule has 0 radical (unpaired) electrons. The van der Waals surface area contributed by atoms with Crippen molar-refractivity contribution in [2.75, 3.05) is 39.3 Å². The summed E-state index contributed by atoms with van der Waals surface area (Å²) in [5.74, 6) is 0.719. The summed E-state index contributed by atoms with van der Waals surface area (Å²) in [6.07, 6.45) is 2.40. The van der Waals surface area contributed by atoms with Crippen molar-refractivity contribution in [1.82, 2.24) is 13.9 Å². The van der Waals surface area contributed by atoms with Crippen LogP contribution in [0, 0.1) is 5.92 Å². The van der Waals surface area contributed by atoms with Crippen LogP contribution in [-0.2, 0) is 14.9 Å². The molecule has 2 aliphatic heterocycles. The molecule has 7 heteroatoms. The first kappa shape index (κ1) is 17.1. The lowest BCUT2D eigenvalue weighted by molar-refractivity contribution is -0.0444. The first-order chi connectivity index (χ1) is 9.87. The SMILES string of the molecule is C[C@@H]1CCCN(CCNS(=O)(=O)N2C[C@H](C)O[C@@H](C)C2)C1. The number of likely N-dealkylation sites (tertiary alicyclic amines) is 1. The van der Waals surface area contributed by atoms with E-state index < -0.39 is 10.2 Å². The maximum Gasteiger partial charge on any atom is 0.279 e. The Morgan fingerprint density at radius 1 is 1.14 bits per heavy atom. The van der Waals surface area contributed by atoms with Gasteiger partial charge in [-0.15, -0.1) is 0 Å². The molecule has 1 N–H and O–H groups in total. The average molecular weight is 319 g/mol. The maximum absolute atomic E-state index is 12.3. The fourth-order valence-corrected chi connectivity index (χ4v) is 4.58. The minimum absolute atomic E-state index is 0.0479. The smallest absolute Gasteiger partial charge is 0.279 e. The van der Waals surface area contributed by atoms with Gasteiger partial charge in [-0.05, 0) is 39.2 Å². The quantitative estimate of drug-likeness (QED) is 0.809. The fourth-order valence-electron chi connectivity index (χ4n) is 3.24.